The van der Waals surface area contributed by atoms with Crippen LogP contribution >= 0.6 is 0 Å². The summed E-state index contributed by atoms with van der Waals surface area (Å²) in [5, 5.41) is 0. The molecule has 0 aliphatic rings. The van der Waals surface area contributed by atoms with Gasteiger partial charge in [0.15, 0.2) is 0 Å². The molecule has 0 radical (unpaired) electrons. The summed E-state index contributed by atoms with van der Waals surface area (Å²) in [5.41, 5.74) is 3.49. The third-order valence-electron chi connectivity index (χ3n) is 3.30. The van der Waals surface area contributed by atoms with Crippen molar-refractivity contribution in [3.8, 4) is 16.9 Å². The normalized spacial score (nSPS) is 10.8. The first-order chi connectivity index (χ1) is 9.02. The zero-order valence-corrected chi connectivity index (χ0v) is 11.8. The van der Waals surface area contributed by atoms with E-state index in [0.717, 1.165) is 11.1 Å². The summed E-state index contributed by atoms with van der Waals surface area (Å²) < 4.78 is 19.5. The van der Waals surface area contributed by atoms with Gasteiger partial charge in [-0.05, 0) is 42.2 Å². The van der Waals surface area contributed by atoms with Crippen LogP contribution in [-0.4, -0.2) is 7.11 Å². The van der Waals surface area contributed by atoms with Crippen LogP contribution in [0, 0.1) is 12.7 Å². The predicted molar refractivity (Wildman–Crippen MR) is 77.2 cm³/mol. The number of hydrogen-bond acceptors (Lipinski definition) is 1. The minimum Gasteiger partial charge on any atom is -0.496 e. The predicted octanol–water partition coefficient (Wildman–Crippen LogP) is 4.93. The van der Waals surface area contributed by atoms with Crippen molar-refractivity contribution >= 4 is 0 Å². The van der Waals surface area contributed by atoms with Crippen molar-refractivity contribution in [1.29, 1.82) is 0 Å². The van der Waals surface area contributed by atoms with E-state index in [1.54, 1.807) is 13.2 Å². The number of halogens is 1. The van der Waals surface area contributed by atoms with Gasteiger partial charge in [-0.2, -0.15) is 0 Å². The SMILES string of the molecule is COc1ccc(C(C)C)cc1-c1ccc(C)cc1F. The molecule has 100 valence electrons. The van der Waals surface area contributed by atoms with Crippen LogP contribution in [0.2, 0.25) is 0 Å². The fraction of sp³-hybridized carbons (Fsp3) is 0.294. The molecular formula is C17H19FO. The lowest BCUT2D eigenvalue weighted by atomic mass is 9.96. The maximum atomic E-state index is 14.1. The van der Waals surface area contributed by atoms with E-state index in [-0.39, 0.29) is 5.82 Å². The van der Waals surface area contributed by atoms with Crippen molar-refractivity contribution in [2.45, 2.75) is 26.7 Å². The largest absolute Gasteiger partial charge is 0.496 e. The van der Waals surface area contributed by atoms with Gasteiger partial charge in [-0.15, -0.1) is 0 Å². The van der Waals surface area contributed by atoms with Gasteiger partial charge in [-0.25, -0.2) is 4.39 Å². The van der Waals surface area contributed by atoms with Gasteiger partial charge in [0.1, 0.15) is 11.6 Å². The summed E-state index contributed by atoms with van der Waals surface area (Å²) in [4.78, 5) is 0. The summed E-state index contributed by atoms with van der Waals surface area (Å²) in [5.74, 6) is 0.893. The molecule has 2 aromatic carbocycles. The van der Waals surface area contributed by atoms with Crippen LogP contribution in [0.1, 0.15) is 30.9 Å². The van der Waals surface area contributed by atoms with Crippen molar-refractivity contribution in [2.24, 2.45) is 0 Å². The molecule has 2 heteroatoms. The van der Waals surface area contributed by atoms with E-state index in [9.17, 15) is 4.39 Å². The zero-order valence-electron chi connectivity index (χ0n) is 11.8. The Balaban J connectivity index is 2.61. The van der Waals surface area contributed by atoms with E-state index in [1.165, 1.54) is 5.56 Å². The molecule has 0 aliphatic heterocycles. The van der Waals surface area contributed by atoms with Gasteiger partial charge in [-0.1, -0.05) is 32.0 Å². The first-order valence-electron chi connectivity index (χ1n) is 6.47. The summed E-state index contributed by atoms with van der Waals surface area (Å²) in [6.07, 6.45) is 0. The van der Waals surface area contributed by atoms with E-state index in [1.807, 2.05) is 37.3 Å². The van der Waals surface area contributed by atoms with Gasteiger partial charge in [0.25, 0.3) is 0 Å². The van der Waals surface area contributed by atoms with Crippen molar-refractivity contribution < 1.29 is 9.13 Å². The highest BCUT2D eigenvalue weighted by atomic mass is 19.1. The average Bonchev–Trinajstić information content (AvgIpc) is 2.38. The molecule has 2 rings (SSSR count). The first kappa shape index (κ1) is 13.6. The Morgan fingerprint density at radius 1 is 1.00 bits per heavy atom. The molecule has 0 N–H and O–H groups in total. The van der Waals surface area contributed by atoms with Crippen molar-refractivity contribution in [1.82, 2.24) is 0 Å². The molecule has 0 bridgehead atoms. The van der Waals surface area contributed by atoms with Crippen LogP contribution in [-0.2, 0) is 0 Å². The molecule has 19 heavy (non-hydrogen) atoms. The number of methoxy groups -OCH3 is 1. The fourth-order valence-electron chi connectivity index (χ4n) is 2.13. The molecule has 0 heterocycles. The molecule has 0 spiro atoms. The van der Waals surface area contributed by atoms with Crippen LogP contribution in [0.3, 0.4) is 0 Å². The highest BCUT2D eigenvalue weighted by Gasteiger charge is 2.12. The van der Waals surface area contributed by atoms with Gasteiger partial charge < -0.3 is 4.74 Å². The molecule has 0 aliphatic carbocycles. The molecule has 1 nitrogen and oxygen atoms in total. The quantitative estimate of drug-likeness (QED) is 0.758. The second-order valence-corrected chi connectivity index (χ2v) is 5.10. The molecule has 2 aromatic rings. The molecule has 0 amide bonds. The second-order valence-electron chi connectivity index (χ2n) is 5.10. The van der Waals surface area contributed by atoms with E-state index >= 15 is 0 Å². The summed E-state index contributed by atoms with van der Waals surface area (Å²) in [7, 11) is 1.61. The van der Waals surface area contributed by atoms with Gasteiger partial charge in [0, 0.05) is 11.1 Å². The van der Waals surface area contributed by atoms with Crippen LogP contribution in [0.15, 0.2) is 36.4 Å². The second kappa shape index (κ2) is 5.43. The van der Waals surface area contributed by atoms with E-state index in [4.69, 9.17) is 4.74 Å². The number of aryl methyl sites for hydroxylation is 1. The van der Waals surface area contributed by atoms with Crippen LogP contribution in [0.5, 0.6) is 5.75 Å². The average molecular weight is 258 g/mol. The highest BCUT2D eigenvalue weighted by molar-refractivity contribution is 5.72. The van der Waals surface area contributed by atoms with Gasteiger partial charge in [0.2, 0.25) is 0 Å². The third-order valence-corrected chi connectivity index (χ3v) is 3.30. The zero-order chi connectivity index (χ0) is 14.0. The number of benzene rings is 2. The Hall–Kier alpha value is -1.83. The lowest BCUT2D eigenvalue weighted by molar-refractivity contribution is 0.416. The maximum absolute atomic E-state index is 14.1. The number of hydrogen-bond donors (Lipinski definition) is 0. The fourth-order valence-corrected chi connectivity index (χ4v) is 2.13. The molecule has 0 fully saturated rings. The molecule has 0 atom stereocenters. The minimum absolute atomic E-state index is 0.209. The Bertz CT molecular complexity index is 588. The van der Waals surface area contributed by atoms with Crippen molar-refractivity contribution in [2.75, 3.05) is 7.11 Å². The van der Waals surface area contributed by atoms with Crippen LogP contribution in [0.25, 0.3) is 11.1 Å². The molecule has 0 saturated heterocycles. The summed E-state index contributed by atoms with van der Waals surface area (Å²) in [6, 6.07) is 11.2. The molecule has 0 unspecified atom stereocenters. The molecular weight excluding hydrogens is 239 g/mol. The number of ether oxygens (including phenoxy) is 1. The lowest BCUT2D eigenvalue weighted by Crippen LogP contribution is -1.94. The highest BCUT2D eigenvalue weighted by Crippen LogP contribution is 2.34. The van der Waals surface area contributed by atoms with Crippen LogP contribution in [0.4, 0.5) is 4.39 Å². The Kier molecular flexibility index (Phi) is 3.89. The van der Waals surface area contributed by atoms with Gasteiger partial charge in [0.05, 0.1) is 7.11 Å². The number of rotatable bonds is 3. The standard InChI is InChI=1S/C17H19FO/c1-11(2)13-6-8-17(19-4)15(10-13)14-7-5-12(3)9-16(14)18/h5-11H,1-4H3. The monoisotopic (exact) mass is 258 g/mol. The van der Waals surface area contributed by atoms with Gasteiger partial charge >= 0.3 is 0 Å². The Morgan fingerprint density at radius 3 is 2.32 bits per heavy atom. The van der Waals surface area contributed by atoms with E-state index in [0.29, 0.717) is 17.2 Å². The maximum Gasteiger partial charge on any atom is 0.131 e. The first-order valence-corrected chi connectivity index (χ1v) is 6.47. The lowest BCUT2D eigenvalue weighted by Gasteiger charge is -2.14. The summed E-state index contributed by atoms with van der Waals surface area (Å²) >= 11 is 0. The summed E-state index contributed by atoms with van der Waals surface area (Å²) in [6.45, 7) is 6.13. The topological polar surface area (TPSA) is 9.23 Å². The molecule has 0 aromatic heterocycles. The minimum atomic E-state index is -0.209. The van der Waals surface area contributed by atoms with Crippen molar-refractivity contribution in [3.05, 3.63) is 53.3 Å². The Labute approximate surface area is 114 Å². The Morgan fingerprint density at radius 2 is 1.74 bits per heavy atom. The smallest absolute Gasteiger partial charge is 0.131 e. The third kappa shape index (κ3) is 2.78. The van der Waals surface area contributed by atoms with E-state index < -0.39 is 0 Å². The van der Waals surface area contributed by atoms with Crippen LogP contribution < -0.4 is 4.74 Å². The van der Waals surface area contributed by atoms with E-state index in [2.05, 4.69) is 13.8 Å². The van der Waals surface area contributed by atoms with Gasteiger partial charge in [-0.3, -0.25) is 0 Å². The van der Waals surface area contributed by atoms with Crippen molar-refractivity contribution in [3.63, 3.8) is 0 Å². The molecule has 0 saturated carbocycles.